The van der Waals surface area contributed by atoms with Crippen molar-refractivity contribution in [1.82, 2.24) is 14.7 Å². The molecule has 0 atom stereocenters. The van der Waals surface area contributed by atoms with Gasteiger partial charge >= 0.3 is 6.09 Å². The maximum absolute atomic E-state index is 12.1. The molecule has 1 aromatic rings. The second-order valence-corrected chi connectivity index (χ2v) is 5.82. The van der Waals surface area contributed by atoms with Crippen molar-refractivity contribution >= 4 is 11.7 Å². The highest BCUT2D eigenvalue weighted by atomic mass is 16.6. The highest BCUT2D eigenvalue weighted by Crippen LogP contribution is 2.21. The summed E-state index contributed by atoms with van der Waals surface area (Å²) in [6.45, 7) is 6.94. The fraction of sp³-hybridized carbons (Fsp3) is 0.571. The van der Waals surface area contributed by atoms with Crippen LogP contribution in [0.2, 0.25) is 0 Å². The van der Waals surface area contributed by atoms with E-state index in [4.69, 9.17) is 4.74 Å². The maximum Gasteiger partial charge on any atom is 0.410 e. The van der Waals surface area contributed by atoms with Gasteiger partial charge in [0.15, 0.2) is 0 Å². The van der Waals surface area contributed by atoms with E-state index in [1.54, 1.807) is 9.58 Å². The van der Waals surface area contributed by atoms with Gasteiger partial charge in [-0.2, -0.15) is 5.10 Å². The third-order valence-electron chi connectivity index (χ3n) is 2.88. The first-order valence-corrected chi connectivity index (χ1v) is 6.51. The van der Waals surface area contributed by atoms with Crippen LogP contribution in [0.25, 0.3) is 5.57 Å². The van der Waals surface area contributed by atoms with Gasteiger partial charge in [-0.05, 0) is 32.8 Å². The molecule has 0 aromatic carbocycles. The van der Waals surface area contributed by atoms with E-state index in [1.807, 2.05) is 40.2 Å². The molecule has 19 heavy (non-hydrogen) atoms. The molecule has 2 heterocycles. The van der Waals surface area contributed by atoms with E-state index in [1.165, 1.54) is 0 Å². The number of hydrogen-bond acceptors (Lipinski definition) is 3. The molecule has 5 heteroatoms. The van der Waals surface area contributed by atoms with Crippen molar-refractivity contribution in [3.8, 4) is 0 Å². The Morgan fingerprint density at radius 1 is 1.42 bits per heavy atom. The molecule has 0 N–H and O–H groups in total. The average Bonchev–Trinajstić information content (AvgIpc) is 2.74. The molecule has 1 amide bonds. The summed E-state index contributed by atoms with van der Waals surface area (Å²) in [5, 5.41) is 4.16. The Morgan fingerprint density at radius 2 is 2.16 bits per heavy atom. The van der Waals surface area contributed by atoms with Crippen LogP contribution in [0, 0.1) is 0 Å². The summed E-state index contributed by atoms with van der Waals surface area (Å²) in [6.07, 6.45) is 6.55. The molecule has 0 aliphatic carbocycles. The van der Waals surface area contributed by atoms with E-state index < -0.39 is 5.60 Å². The molecule has 104 valence electrons. The summed E-state index contributed by atoms with van der Waals surface area (Å²) in [5.74, 6) is 0. The molecule has 1 aliphatic heterocycles. The number of nitrogens with zero attached hydrogens (tertiary/aromatic N) is 3. The summed E-state index contributed by atoms with van der Waals surface area (Å²) < 4.78 is 7.17. The first-order valence-electron chi connectivity index (χ1n) is 6.51. The largest absolute Gasteiger partial charge is 0.444 e. The minimum Gasteiger partial charge on any atom is -0.444 e. The van der Waals surface area contributed by atoms with Gasteiger partial charge in [0, 0.05) is 31.9 Å². The summed E-state index contributed by atoms with van der Waals surface area (Å²) in [4.78, 5) is 13.8. The summed E-state index contributed by atoms with van der Waals surface area (Å²) >= 11 is 0. The van der Waals surface area contributed by atoms with Crippen molar-refractivity contribution in [1.29, 1.82) is 0 Å². The molecular formula is C14H21N3O2. The fourth-order valence-corrected chi connectivity index (χ4v) is 2.02. The van der Waals surface area contributed by atoms with Crippen LogP contribution in [0.5, 0.6) is 0 Å². The first kappa shape index (κ1) is 13.6. The minimum absolute atomic E-state index is 0.248. The van der Waals surface area contributed by atoms with Crippen LogP contribution in [0.4, 0.5) is 4.79 Å². The number of ether oxygens (including phenoxy) is 1. The standard InChI is InChI=1S/C14H21N3O2/c1-14(2,3)19-13(18)17-7-5-6-11(10-17)12-8-15-16(4)9-12/h6,8-9H,5,7,10H2,1-4H3. The number of carbonyl (C=O) groups excluding carboxylic acids is 1. The molecule has 0 saturated carbocycles. The Morgan fingerprint density at radius 3 is 2.74 bits per heavy atom. The van der Waals surface area contributed by atoms with E-state index in [-0.39, 0.29) is 6.09 Å². The zero-order valence-electron chi connectivity index (χ0n) is 12.0. The van der Waals surface area contributed by atoms with Gasteiger partial charge in [0.25, 0.3) is 0 Å². The number of rotatable bonds is 1. The smallest absolute Gasteiger partial charge is 0.410 e. The van der Waals surface area contributed by atoms with Gasteiger partial charge in [-0.3, -0.25) is 4.68 Å². The number of aromatic nitrogens is 2. The Hall–Kier alpha value is -1.78. The van der Waals surface area contributed by atoms with Crippen LogP contribution in [0.3, 0.4) is 0 Å². The van der Waals surface area contributed by atoms with E-state index in [9.17, 15) is 4.79 Å². The van der Waals surface area contributed by atoms with Crippen molar-refractivity contribution in [2.45, 2.75) is 32.8 Å². The minimum atomic E-state index is -0.452. The van der Waals surface area contributed by atoms with Crippen molar-refractivity contribution < 1.29 is 9.53 Å². The van der Waals surface area contributed by atoms with E-state index in [0.717, 1.165) is 17.6 Å². The zero-order valence-corrected chi connectivity index (χ0v) is 12.0. The molecule has 1 aromatic heterocycles. The quantitative estimate of drug-likeness (QED) is 0.782. The molecule has 2 rings (SSSR count). The van der Waals surface area contributed by atoms with Gasteiger partial charge in [-0.25, -0.2) is 4.79 Å². The molecule has 0 unspecified atom stereocenters. The molecular weight excluding hydrogens is 242 g/mol. The lowest BCUT2D eigenvalue weighted by Crippen LogP contribution is -2.39. The Bertz CT molecular complexity index is 497. The average molecular weight is 263 g/mol. The lowest BCUT2D eigenvalue weighted by atomic mass is 10.1. The lowest BCUT2D eigenvalue weighted by molar-refractivity contribution is 0.0273. The Labute approximate surface area is 113 Å². The monoisotopic (exact) mass is 263 g/mol. The van der Waals surface area contributed by atoms with Crippen LogP contribution in [-0.2, 0) is 11.8 Å². The van der Waals surface area contributed by atoms with Crippen LogP contribution in [0.1, 0.15) is 32.8 Å². The second-order valence-electron chi connectivity index (χ2n) is 5.82. The van der Waals surface area contributed by atoms with E-state index in [0.29, 0.717) is 13.1 Å². The van der Waals surface area contributed by atoms with E-state index >= 15 is 0 Å². The highest BCUT2D eigenvalue weighted by Gasteiger charge is 2.24. The van der Waals surface area contributed by atoms with E-state index in [2.05, 4.69) is 11.2 Å². The van der Waals surface area contributed by atoms with Crippen LogP contribution in [-0.4, -0.2) is 39.5 Å². The third-order valence-corrected chi connectivity index (χ3v) is 2.88. The van der Waals surface area contributed by atoms with Gasteiger partial charge < -0.3 is 9.64 Å². The van der Waals surface area contributed by atoms with Crippen molar-refractivity contribution in [2.24, 2.45) is 7.05 Å². The van der Waals surface area contributed by atoms with Crippen molar-refractivity contribution in [3.05, 3.63) is 24.0 Å². The SMILES string of the molecule is Cn1cc(C2=CCCN(C(=O)OC(C)(C)C)C2)cn1. The van der Waals surface area contributed by atoms with Gasteiger partial charge in [-0.15, -0.1) is 0 Å². The number of aryl methyl sites for hydroxylation is 1. The first-order chi connectivity index (χ1) is 8.85. The molecule has 5 nitrogen and oxygen atoms in total. The Balaban J connectivity index is 2.04. The molecule has 0 radical (unpaired) electrons. The van der Waals surface area contributed by atoms with Crippen molar-refractivity contribution in [3.63, 3.8) is 0 Å². The Kier molecular flexibility index (Phi) is 3.64. The second kappa shape index (κ2) is 5.07. The summed E-state index contributed by atoms with van der Waals surface area (Å²) in [7, 11) is 1.89. The van der Waals surface area contributed by atoms with Gasteiger partial charge in [0.1, 0.15) is 5.60 Å². The number of carbonyl (C=O) groups is 1. The third kappa shape index (κ3) is 3.59. The summed E-state index contributed by atoms with van der Waals surface area (Å²) in [6, 6.07) is 0. The maximum atomic E-state index is 12.1. The lowest BCUT2D eigenvalue weighted by Gasteiger charge is -2.30. The molecule has 0 fully saturated rings. The van der Waals surface area contributed by atoms with Crippen LogP contribution >= 0.6 is 0 Å². The normalized spacial score (nSPS) is 16.2. The van der Waals surface area contributed by atoms with Gasteiger partial charge in [0.2, 0.25) is 0 Å². The highest BCUT2D eigenvalue weighted by molar-refractivity contribution is 5.75. The summed E-state index contributed by atoms with van der Waals surface area (Å²) in [5.41, 5.74) is 1.74. The van der Waals surface area contributed by atoms with Gasteiger partial charge in [-0.1, -0.05) is 6.08 Å². The topological polar surface area (TPSA) is 47.4 Å². The predicted octanol–water partition coefficient (Wildman–Crippen LogP) is 2.44. The molecule has 1 aliphatic rings. The van der Waals surface area contributed by atoms with Crippen molar-refractivity contribution in [2.75, 3.05) is 13.1 Å². The number of amides is 1. The predicted molar refractivity (Wildman–Crippen MR) is 73.6 cm³/mol. The zero-order chi connectivity index (χ0) is 14.0. The van der Waals surface area contributed by atoms with Gasteiger partial charge in [0.05, 0.1) is 6.20 Å². The fourth-order valence-electron chi connectivity index (χ4n) is 2.02. The number of hydrogen-bond donors (Lipinski definition) is 0. The molecule has 0 saturated heterocycles. The molecule has 0 bridgehead atoms. The van der Waals surface area contributed by atoms with Crippen LogP contribution < -0.4 is 0 Å². The van der Waals surface area contributed by atoms with Crippen LogP contribution in [0.15, 0.2) is 18.5 Å². The molecule has 0 spiro atoms.